The Kier molecular flexibility index (Phi) is 4.55. The first-order valence-corrected chi connectivity index (χ1v) is 6.17. The van der Waals surface area contributed by atoms with Gasteiger partial charge < -0.3 is 15.6 Å². The fraction of sp³-hybridized carbons (Fsp3) is 0.500. The molecule has 0 aromatic heterocycles. The Morgan fingerprint density at radius 2 is 1.79 bits per heavy atom. The van der Waals surface area contributed by atoms with Crippen molar-refractivity contribution < 1.29 is 14.6 Å². The molecule has 1 aromatic carbocycles. The Bertz CT molecular complexity index is 433. The zero-order valence-electron chi connectivity index (χ0n) is 11.9. The van der Waals surface area contributed by atoms with Crippen LogP contribution < -0.4 is 11.1 Å². The first-order chi connectivity index (χ1) is 8.64. The summed E-state index contributed by atoms with van der Waals surface area (Å²) in [7, 11) is 0. The number of benzene rings is 1. The van der Waals surface area contributed by atoms with E-state index in [1.807, 2.05) is 0 Å². The van der Waals surface area contributed by atoms with E-state index in [4.69, 9.17) is 10.5 Å². The minimum atomic E-state index is -1.07. The van der Waals surface area contributed by atoms with Crippen molar-refractivity contribution in [1.82, 2.24) is 0 Å². The Balaban J connectivity index is 2.70. The molecule has 19 heavy (non-hydrogen) atoms. The average Bonchev–Trinajstić information content (AvgIpc) is 2.27. The number of ether oxygens (including phenoxy) is 1. The molecule has 0 fully saturated rings. The van der Waals surface area contributed by atoms with Gasteiger partial charge in [-0.1, -0.05) is 12.1 Å². The molecule has 1 aromatic rings. The highest BCUT2D eigenvalue weighted by Gasteiger charge is 2.21. The number of nitrogens with one attached hydrogen (secondary N) is 1. The van der Waals surface area contributed by atoms with Crippen LogP contribution in [0.3, 0.4) is 0 Å². The molecule has 0 aliphatic carbocycles. The van der Waals surface area contributed by atoms with E-state index >= 15 is 0 Å². The summed E-state index contributed by atoms with van der Waals surface area (Å²) in [6.07, 6.45) is -0.508. The number of hydrogen-bond acceptors (Lipinski definition) is 4. The van der Waals surface area contributed by atoms with Gasteiger partial charge in [0, 0.05) is 12.2 Å². The van der Waals surface area contributed by atoms with Crippen molar-refractivity contribution in [1.29, 1.82) is 0 Å². The number of nitrogens with two attached hydrogens (primary N) is 1. The summed E-state index contributed by atoms with van der Waals surface area (Å²) in [5, 5.41) is 12.6. The summed E-state index contributed by atoms with van der Waals surface area (Å²) >= 11 is 0. The summed E-state index contributed by atoms with van der Waals surface area (Å²) in [6, 6.07) is 6.84. The summed E-state index contributed by atoms with van der Waals surface area (Å²) in [6.45, 7) is 7.17. The highest BCUT2D eigenvalue weighted by molar-refractivity contribution is 5.84. The summed E-state index contributed by atoms with van der Waals surface area (Å²) in [5.74, 6) is 0. The van der Waals surface area contributed by atoms with Crippen LogP contribution in [0.1, 0.15) is 33.3 Å². The lowest BCUT2D eigenvalue weighted by Crippen LogP contribution is -2.31. The molecule has 0 aliphatic heterocycles. The third kappa shape index (κ3) is 4.89. The Morgan fingerprint density at radius 3 is 2.21 bits per heavy atom. The molecule has 0 heterocycles. The van der Waals surface area contributed by atoms with E-state index in [-0.39, 0.29) is 6.54 Å². The number of anilines is 1. The predicted molar refractivity (Wildman–Crippen MR) is 74.9 cm³/mol. The fourth-order valence-electron chi connectivity index (χ4n) is 1.45. The standard InChI is InChI=1S/C14H22N2O3/c1-13(2,3)19-12(17)16-11-7-5-10(6-8-11)14(4,18)9-15/h5-8,18H,9,15H2,1-4H3,(H,16,17). The zero-order valence-corrected chi connectivity index (χ0v) is 11.9. The minimum absolute atomic E-state index is 0.131. The van der Waals surface area contributed by atoms with Gasteiger partial charge in [-0.25, -0.2) is 4.79 Å². The quantitative estimate of drug-likeness (QED) is 0.783. The van der Waals surface area contributed by atoms with Crippen molar-refractivity contribution in [3.63, 3.8) is 0 Å². The maximum absolute atomic E-state index is 11.6. The first-order valence-electron chi connectivity index (χ1n) is 6.17. The normalized spacial score (nSPS) is 14.6. The summed E-state index contributed by atoms with van der Waals surface area (Å²) in [4.78, 5) is 11.6. The van der Waals surface area contributed by atoms with Crippen molar-refractivity contribution in [3.05, 3.63) is 29.8 Å². The van der Waals surface area contributed by atoms with Crippen molar-refractivity contribution in [2.24, 2.45) is 5.73 Å². The van der Waals surface area contributed by atoms with E-state index in [0.29, 0.717) is 11.3 Å². The third-order valence-electron chi connectivity index (χ3n) is 2.55. The van der Waals surface area contributed by atoms with Crippen LogP contribution in [0, 0.1) is 0 Å². The molecule has 0 saturated heterocycles. The molecule has 0 spiro atoms. The molecule has 0 radical (unpaired) electrons. The van der Waals surface area contributed by atoms with Gasteiger partial charge in [-0.3, -0.25) is 5.32 Å². The molecule has 5 nitrogen and oxygen atoms in total. The van der Waals surface area contributed by atoms with Gasteiger partial charge in [0.1, 0.15) is 5.60 Å². The van der Waals surface area contributed by atoms with Gasteiger partial charge in [0.2, 0.25) is 0 Å². The van der Waals surface area contributed by atoms with Gasteiger partial charge >= 0.3 is 6.09 Å². The zero-order chi connectivity index (χ0) is 14.7. The number of rotatable bonds is 3. The first kappa shape index (κ1) is 15.5. The number of carbonyl (C=O) groups is 1. The SMILES string of the molecule is CC(C)(C)OC(=O)Nc1ccc(C(C)(O)CN)cc1. The summed E-state index contributed by atoms with van der Waals surface area (Å²) < 4.78 is 5.14. The lowest BCUT2D eigenvalue weighted by Gasteiger charge is -2.22. The monoisotopic (exact) mass is 266 g/mol. The van der Waals surface area contributed by atoms with Crippen molar-refractivity contribution in [3.8, 4) is 0 Å². The molecule has 1 rings (SSSR count). The number of hydrogen-bond donors (Lipinski definition) is 3. The Morgan fingerprint density at radius 1 is 1.26 bits per heavy atom. The number of amides is 1. The number of carbonyl (C=O) groups excluding carboxylic acids is 1. The van der Waals surface area contributed by atoms with Gasteiger partial charge in [0.15, 0.2) is 0 Å². The lowest BCUT2D eigenvalue weighted by atomic mass is 9.96. The summed E-state index contributed by atoms with van der Waals surface area (Å²) in [5.41, 5.74) is 5.19. The molecule has 106 valence electrons. The van der Waals surface area contributed by atoms with Crippen molar-refractivity contribution in [2.75, 3.05) is 11.9 Å². The molecule has 1 unspecified atom stereocenters. The van der Waals surface area contributed by atoms with Crippen LogP contribution in [0.2, 0.25) is 0 Å². The van der Waals surface area contributed by atoms with Gasteiger partial charge in [-0.05, 0) is 45.4 Å². The molecule has 5 heteroatoms. The second kappa shape index (κ2) is 5.59. The lowest BCUT2D eigenvalue weighted by molar-refractivity contribution is 0.0636. The van der Waals surface area contributed by atoms with Crippen LogP contribution in [0.15, 0.2) is 24.3 Å². The molecule has 1 amide bonds. The van der Waals surface area contributed by atoms with Crippen LogP contribution >= 0.6 is 0 Å². The smallest absolute Gasteiger partial charge is 0.412 e. The predicted octanol–water partition coefficient (Wildman–Crippen LogP) is 2.20. The second-order valence-corrected chi connectivity index (χ2v) is 5.68. The number of aliphatic hydroxyl groups is 1. The van der Waals surface area contributed by atoms with Crippen molar-refractivity contribution in [2.45, 2.75) is 38.9 Å². The largest absolute Gasteiger partial charge is 0.444 e. The average molecular weight is 266 g/mol. The van der Waals surface area contributed by atoms with Crippen LogP contribution in [0.5, 0.6) is 0 Å². The maximum atomic E-state index is 11.6. The highest BCUT2D eigenvalue weighted by Crippen LogP contribution is 2.21. The van der Waals surface area contributed by atoms with Crippen LogP contribution in [0.4, 0.5) is 10.5 Å². The molecular formula is C14H22N2O3. The van der Waals surface area contributed by atoms with E-state index in [1.165, 1.54) is 0 Å². The topological polar surface area (TPSA) is 84.6 Å². The molecule has 0 saturated carbocycles. The highest BCUT2D eigenvalue weighted by atomic mass is 16.6. The van der Waals surface area contributed by atoms with E-state index < -0.39 is 17.3 Å². The molecule has 0 bridgehead atoms. The van der Waals surface area contributed by atoms with Crippen LogP contribution in [-0.4, -0.2) is 23.3 Å². The van der Waals surface area contributed by atoms with Gasteiger partial charge in [-0.15, -0.1) is 0 Å². The molecule has 0 aliphatic rings. The van der Waals surface area contributed by atoms with E-state index in [0.717, 1.165) is 0 Å². The van der Waals surface area contributed by atoms with Gasteiger partial charge in [-0.2, -0.15) is 0 Å². The molecular weight excluding hydrogens is 244 g/mol. The third-order valence-corrected chi connectivity index (χ3v) is 2.55. The van der Waals surface area contributed by atoms with E-state index in [1.54, 1.807) is 52.0 Å². The van der Waals surface area contributed by atoms with Gasteiger partial charge in [0.05, 0.1) is 5.60 Å². The van der Waals surface area contributed by atoms with E-state index in [9.17, 15) is 9.90 Å². The van der Waals surface area contributed by atoms with E-state index in [2.05, 4.69) is 5.32 Å². The maximum Gasteiger partial charge on any atom is 0.412 e. The second-order valence-electron chi connectivity index (χ2n) is 5.68. The molecule has 1 atom stereocenters. The fourth-order valence-corrected chi connectivity index (χ4v) is 1.45. The Hall–Kier alpha value is -1.59. The van der Waals surface area contributed by atoms with Crippen molar-refractivity contribution >= 4 is 11.8 Å². The van der Waals surface area contributed by atoms with Gasteiger partial charge in [0.25, 0.3) is 0 Å². The Labute approximate surface area is 113 Å². The van der Waals surface area contributed by atoms with Crippen LogP contribution in [0.25, 0.3) is 0 Å². The van der Waals surface area contributed by atoms with Crippen LogP contribution in [-0.2, 0) is 10.3 Å². The minimum Gasteiger partial charge on any atom is -0.444 e. The molecule has 4 N–H and O–H groups in total.